The molecule has 1 aromatic heterocycles. The molecular formula is C15H17ClN4. The van der Waals surface area contributed by atoms with E-state index in [9.17, 15) is 0 Å². The van der Waals surface area contributed by atoms with Crippen LogP contribution in [0.4, 0.5) is 11.5 Å². The van der Waals surface area contributed by atoms with E-state index in [0.717, 1.165) is 34.8 Å². The summed E-state index contributed by atoms with van der Waals surface area (Å²) in [6, 6.07) is 7.91. The molecule has 1 aromatic carbocycles. The lowest BCUT2D eigenvalue weighted by Gasteiger charge is -2.15. The fourth-order valence-electron chi connectivity index (χ4n) is 1.87. The lowest BCUT2D eigenvalue weighted by molar-refractivity contribution is 1.05. The summed E-state index contributed by atoms with van der Waals surface area (Å²) in [4.78, 5) is 8.27. The van der Waals surface area contributed by atoms with E-state index in [1.165, 1.54) is 0 Å². The van der Waals surface area contributed by atoms with Crippen LogP contribution in [0.5, 0.6) is 0 Å². The molecule has 0 amide bonds. The van der Waals surface area contributed by atoms with Gasteiger partial charge in [0.25, 0.3) is 0 Å². The molecule has 0 spiro atoms. The number of halogens is 1. The van der Waals surface area contributed by atoms with E-state index in [4.69, 9.17) is 11.6 Å². The molecule has 2 rings (SSSR count). The summed E-state index contributed by atoms with van der Waals surface area (Å²) in [5.74, 6) is 0.726. The van der Waals surface area contributed by atoms with E-state index in [1.54, 1.807) is 6.20 Å². The highest BCUT2D eigenvalue weighted by molar-refractivity contribution is 6.28. The van der Waals surface area contributed by atoms with Gasteiger partial charge in [0.05, 0.1) is 0 Å². The molecule has 0 atom stereocenters. The molecule has 0 radical (unpaired) electrons. The maximum absolute atomic E-state index is 5.88. The Morgan fingerprint density at radius 3 is 2.80 bits per heavy atom. The minimum atomic E-state index is 0.231. The van der Waals surface area contributed by atoms with Crippen molar-refractivity contribution >= 4 is 28.8 Å². The number of benzene rings is 1. The number of hydrogen-bond acceptors (Lipinski definition) is 4. The Balaban J connectivity index is 2.40. The van der Waals surface area contributed by atoms with Crippen LogP contribution in [-0.2, 0) is 6.42 Å². The van der Waals surface area contributed by atoms with Crippen LogP contribution in [0, 0.1) is 0 Å². The third-order valence-electron chi connectivity index (χ3n) is 3.02. The highest BCUT2D eigenvalue weighted by Gasteiger charge is 2.09. The molecule has 0 saturated carbocycles. The SMILES string of the molecule is C=C(NC)c1ccccc1Nc1nc(Cl)ncc1CC. The maximum atomic E-state index is 5.88. The number of para-hydroxylation sites is 1. The Labute approximate surface area is 123 Å². The summed E-state index contributed by atoms with van der Waals surface area (Å²) in [5, 5.41) is 6.60. The quantitative estimate of drug-likeness (QED) is 0.825. The molecule has 5 heteroatoms. The number of nitrogens with one attached hydrogen (secondary N) is 2. The molecule has 0 aliphatic heterocycles. The van der Waals surface area contributed by atoms with Crippen LogP contribution in [0.2, 0.25) is 5.28 Å². The van der Waals surface area contributed by atoms with Gasteiger partial charge >= 0.3 is 0 Å². The van der Waals surface area contributed by atoms with Crippen molar-refractivity contribution in [3.8, 4) is 0 Å². The number of nitrogens with zero attached hydrogens (tertiary/aromatic N) is 2. The van der Waals surface area contributed by atoms with Crippen LogP contribution in [0.1, 0.15) is 18.1 Å². The van der Waals surface area contributed by atoms with Crippen LogP contribution in [0.3, 0.4) is 0 Å². The van der Waals surface area contributed by atoms with E-state index in [0.29, 0.717) is 0 Å². The van der Waals surface area contributed by atoms with Crippen molar-refractivity contribution < 1.29 is 0 Å². The number of aromatic nitrogens is 2. The molecule has 0 unspecified atom stereocenters. The van der Waals surface area contributed by atoms with E-state index < -0.39 is 0 Å². The fraction of sp³-hybridized carbons (Fsp3) is 0.200. The second-order valence-corrected chi connectivity index (χ2v) is 4.60. The summed E-state index contributed by atoms with van der Waals surface area (Å²) in [7, 11) is 1.85. The number of rotatable bonds is 5. The lowest BCUT2D eigenvalue weighted by atomic mass is 10.1. The van der Waals surface area contributed by atoms with E-state index in [1.807, 2.05) is 31.3 Å². The first-order valence-corrected chi connectivity index (χ1v) is 6.78. The minimum Gasteiger partial charge on any atom is -0.388 e. The Morgan fingerprint density at radius 1 is 1.35 bits per heavy atom. The average molecular weight is 289 g/mol. The summed E-state index contributed by atoms with van der Waals surface area (Å²) < 4.78 is 0. The number of aryl methyl sites for hydroxylation is 1. The molecule has 0 aliphatic carbocycles. The Hall–Kier alpha value is -2.07. The highest BCUT2D eigenvalue weighted by atomic mass is 35.5. The summed E-state index contributed by atoms with van der Waals surface area (Å²) in [6.45, 7) is 6.05. The van der Waals surface area contributed by atoms with Crippen molar-refractivity contribution in [2.75, 3.05) is 12.4 Å². The first-order chi connectivity index (χ1) is 9.65. The van der Waals surface area contributed by atoms with Gasteiger partial charge in [0.2, 0.25) is 5.28 Å². The standard InChI is InChI=1S/C15H17ClN4/c1-4-11-9-18-15(16)20-14(11)19-13-8-6-5-7-12(13)10(2)17-3/h5-9,17H,2,4H2,1,3H3,(H,18,19,20). The molecule has 2 N–H and O–H groups in total. The van der Waals surface area contributed by atoms with Gasteiger partial charge in [-0.25, -0.2) is 9.97 Å². The first kappa shape index (κ1) is 14.3. The van der Waals surface area contributed by atoms with Gasteiger partial charge in [-0.1, -0.05) is 31.7 Å². The molecule has 104 valence electrons. The Kier molecular flexibility index (Phi) is 4.58. The van der Waals surface area contributed by atoms with Crippen LogP contribution in [-0.4, -0.2) is 17.0 Å². The minimum absolute atomic E-state index is 0.231. The fourth-order valence-corrected chi connectivity index (χ4v) is 2.00. The topological polar surface area (TPSA) is 49.8 Å². The molecule has 20 heavy (non-hydrogen) atoms. The molecular weight excluding hydrogens is 272 g/mol. The molecule has 4 nitrogen and oxygen atoms in total. The molecule has 0 bridgehead atoms. The maximum Gasteiger partial charge on any atom is 0.224 e. The van der Waals surface area contributed by atoms with Crippen LogP contribution in [0.25, 0.3) is 5.70 Å². The zero-order valence-electron chi connectivity index (χ0n) is 11.6. The van der Waals surface area contributed by atoms with Gasteiger partial charge in [-0.3, -0.25) is 0 Å². The average Bonchev–Trinajstić information content (AvgIpc) is 2.47. The van der Waals surface area contributed by atoms with Crippen molar-refractivity contribution in [2.45, 2.75) is 13.3 Å². The van der Waals surface area contributed by atoms with Crippen molar-refractivity contribution in [2.24, 2.45) is 0 Å². The first-order valence-electron chi connectivity index (χ1n) is 6.40. The van der Waals surface area contributed by atoms with Gasteiger partial charge in [-0.15, -0.1) is 0 Å². The van der Waals surface area contributed by atoms with Crippen LogP contribution < -0.4 is 10.6 Å². The number of anilines is 2. The van der Waals surface area contributed by atoms with E-state index in [-0.39, 0.29) is 5.28 Å². The van der Waals surface area contributed by atoms with Crippen molar-refractivity contribution in [1.82, 2.24) is 15.3 Å². The predicted molar refractivity (Wildman–Crippen MR) is 84.2 cm³/mol. The molecule has 1 heterocycles. The van der Waals surface area contributed by atoms with Gasteiger partial charge in [-0.2, -0.15) is 0 Å². The van der Waals surface area contributed by atoms with Crippen molar-refractivity contribution in [3.63, 3.8) is 0 Å². The molecule has 0 fully saturated rings. The van der Waals surface area contributed by atoms with Crippen molar-refractivity contribution in [1.29, 1.82) is 0 Å². The molecule has 0 saturated heterocycles. The third-order valence-corrected chi connectivity index (χ3v) is 3.21. The van der Waals surface area contributed by atoms with Crippen LogP contribution >= 0.6 is 11.6 Å². The second-order valence-electron chi connectivity index (χ2n) is 4.27. The van der Waals surface area contributed by atoms with Gasteiger partial charge in [0.1, 0.15) is 5.82 Å². The van der Waals surface area contributed by atoms with Crippen molar-refractivity contribution in [3.05, 3.63) is 53.5 Å². The van der Waals surface area contributed by atoms with E-state index in [2.05, 4.69) is 34.1 Å². The van der Waals surface area contributed by atoms with Gasteiger partial charge in [0.15, 0.2) is 0 Å². The molecule has 2 aromatic rings. The lowest BCUT2D eigenvalue weighted by Crippen LogP contribution is -2.07. The number of hydrogen-bond donors (Lipinski definition) is 2. The summed E-state index contributed by atoms with van der Waals surface area (Å²) >= 11 is 5.88. The van der Waals surface area contributed by atoms with Crippen LogP contribution in [0.15, 0.2) is 37.0 Å². The third kappa shape index (κ3) is 3.08. The largest absolute Gasteiger partial charge is 0.388 e. The summed E-state index contributed by atoms with van der Waals surface area (Å²) in [5.41, 5.74) is 3.77. The van der Waals surface area contributed by atoms with Gasteiger partial charge in [-0.05, 0) is 24.1 Å². The zero-order valence-corrected chi connectivity index (χ0v) is 12.3. The Bertz CT molecular complexity index is 625. The van der Waals surface area contributed by atoms with E-state index >= 15 is 0 Å². The van der Waals surface area contributed by atoms with Gasteiger partial charge < -0.3 is 10.6 Å². The summed E-state index contributed by atoms with van der Waals surface area (Å²) in [6.07, 6.45) is 2.57. The molecule has 0 aliphatic rings. The Morgan fingerprint density at radius 2 is 2.10 bits per heavy atom. The highest BCUT2D eigenvalue weighted by Crippen LogP contribution is 2.26. The van der Waals surface area contributed by atoms with Gasteiger partial charge in [0, 0.05) is 35.8 Å². The predicted octanol–water partition coefficient (Wildman–Crippen LogP) is 3.63. The smallest absolute Gasteiger partial charge is 0.224 e. The monoisotopic (exact) mass is 288 g/mol. The zero-order chi connectivity index (χ0) is 14.5. The normalized spacial score (nSPS) is 10.2. The second kappa shape index (κ2) is 6.39.